The molecule has 1 fully saturated rings. The number of benzene rings is 1. The lowest BCUT2D eigenvalue weighted by Gasteiger charge is -2.21. The maximum absolute atomic E-state index is 12.9. The van der Waals surface area contributed by atoms with Crippen molar-refractivity contribution in [3.63, 3.8) is 0 Å². The molecule has 0 amide bonds. The van der Waals surface area contributed by atoms with Crippen LogP contribution in [0.5, 0.6) is 0 Å². The first-order valence-electron chi connectivity index (χ1n) is 7.15. The van der Waals surface area contributed by atoms with E-state index in [0.29, 0.717) is 35.2 Å². The van der Waals surface area contributed by atoms with Gasteiger partial charge in [-0.25, -0.2) is 8.42 Å². The van der Waals surface area contributed by atoms with Gasteiger partial charge in [0.2, 0.25) is 10.0 Å². The highest BCUT2D eigenvalue weighted by Crippen LogP contribution is 2.33. The van der Waals surface area contributed by atoms with Gasteiger partial charge in [-0.15, -0.1) is 0 Å². The number of anilines is 1. The Morgan fingerprint density at radius 2 is 1.95 bits per heavy atom. The van der Waals surface area contributed by atoms with Gasteiger partial charge in [-0.2, -0.15) is 4.31 Å². The molecule has 0 spiro atoms. The van der Waals surface area contributed by atoms with E-state index < -0.39 is 10.0 Å². The van der Waals surface area contributed by atoms with Crippen molar-refractivity contribution in [1.29, 1.82) is 0 Å². The van der Waals surface area contributed by atoms with Crippen LogP contribution in [-0.4, -0.2) is 25.8 Å². The largest absolute Gasteiger partial charge is 0.398 e. The van der Waals surface area contributed by atoms with Crippen LogP contribution in [0.15, 0.2) is 11.0 Å². The molecule has 1 unspecified atom stereocenters. The normalized spacial score (nSPS) is 20.5. The predicted molar refractivity (Wildman–Crippen MR) is 82.2 cm³/mol. The van der Waals surface area contributed by atoms with Gasteiger partial charge in [0.15, 0.2) is 0 Å². The van der Waals surface area contributed by atoms with E-state index in [1.807, 2.05) is 19.9 Å². The number of nitrogens with two attached hydrogens (primary N) is 1. The second-order valence-corrected chi connectivity index (χ2v) is 7.66. The molecule has 1 aliphatic heterocycles. The first kappa shape index (κ1) is 15.3. The number of sulfonamides is 1. The summed E-state index contributed by atoms with van der Waals surface area (Å²) in [4.78, 5) is 0.409. The lowest BCUT2D eigenvalue weighted by Crippen LogP contribution is -2.30. The van der Waals surface area contributed by atoms with Crippen LogP contribution in [-0.2, 0) is 10.0 Å². The fourth-order valence-electron chi connectivity index (χ4n) is 2.91. The predicted octanol–water partition coefficient (Wildman–Crippen LogP) is 2.61. The van der Waals surface area contributed by atoms with E-state index in [-0.39, 0.29) is 0 Å². The summed E-state index contributed by atoms with van der Waals surface area (Å²) >= 11 is 0. The maximum atomic E-state index is 12.9. The van der Waals surface area contributed by atoms with Gasteiger partial charge < -0.3 is 5.73 Å². The standard InChI is InChI=1S/C15H24N2O2S/c1-5-13-6-7-17(9-13)20(18,19)15-11(3)10(2)8-14(16)12(15)4/h8,13H,5-7,9,16H2,1-4H3. The molecule has 0 bridgehead atoms. The summed E-state index contributed by atoms with van der Waals surface area (Å²) in [7, 11) is -3.43. The van der Waals surface area contributed by atoms with Crippen molar-refractivity contribution in [2.45, 2.75) is 45.4 Å². The fraction of sp³-hybridized carbons (Fsp3) is 0.600. The summed E-state index contributed by atoms with van der Waals surface area (Å²) < 4.78 is 27.4. The molecule has 0 saturated carbocycles. The van der Waals surface area contributed by atoms with Crippen LogP contribution in [0.25, 0.3) is 0 Å². The summed E-state index contributed by atoms with van der Waals surface area (Å²) in [5.74, 6) is 0.479. The molecule has 1 saturated heterocycles. The monoisotopic (exact) mass is 296 g/mol. The highest BCUT2D eigenvalue weighted by Gasteiger charge is 2.34. The minimum atomic E-state index is -3.43. The second kappa shape index (κ2) is 5.37. The lowest BCUT2D eigenvalue weighted by molar-refractivity contribution is 0.452. The van der Waals surface area contributed by atoms with Gasteiger partial charge in [0.05, 0.1) is 4.90 Å². The molecule has 1 aromatic carbocycles. The van der Waals surface area contributed by atoms with E-state index in [9.17, 15) is 8.42 Å². The van der Waals surface area contributed by atoms with Gasteiger partial charge in [-0.3, -0.25) is 0 Å². The molecule has 0 aromatic heterocycles. The van der Waals surface area contributed by atoms with Crippen LogP contribution in [0, 0.1) is 26.7 Å². The van der Waals surface area contributed by atoms with Gasteiger partial charge in [0.1, 0.15) is 0 Å². The van der Waals surface area contributed by atoms with Gasteiger partial charge >= 0.3 is 0 Å². The van der Waals surface area contributed by atoms with Gasteiger partial charge in [-0.05, 0) is 55.9 Å². The summed E-state index contributed by atoms with van der Waals surface area (Å²) in [6.07, 6.45) is 1.98. The molecule has 0 radical (unpaired) electrons. The fourth-order valence-corrected chi connectivity index (χ4v) is 4.97. The third-order valence-electron chi connectivity index (χ3n) is 4.50. The molecule has 1 heterocycles. The van der Waals surface area contributed by atoms with E-state index in [0.717, 1.165) is 24.0 Å². The number of nitrogens with zero attached hydrogens (tertiary/aromatic N) is 1. The van der Waals surface area contributed by atoms with E-state index in [4.69, 9.17) is 5.73 Å². The zero-order valence-corrected chi connectivity index (χ0v) is 13.5. The lowest BCUT2D eigenvalue weighted by atomic mass is 10.1. The Kier molecular flexibility index (Phi) is 4.12. The molecule has 1 atom stereocenters. The van der Waals surface area contributed by atoms with E-state index in [2.05, 4.69) is 6.92 Å². The summed E-state index contributed by atoms with van der Waals surface area (Å²) in [5.41, 5.74) is 8.93. The highest BCUT2D eigenvalue weighted by atomic mass is 32.2. The summed E-state index contributed by atoms with van der Waals surface area (Å²) in [5, 5.41) is 0. The number of hydrogen-bond acceptors (Lipinski definition) is 3. The third-order valence-corrected chi connectivity index (χ3v) is 6.64. The van der Waals surface area contributed by atoms with Crippen molar-refractivity contribution in [3.05, 3.63) is 22.8 Å². The van der Waals surface area contributed by atoms with Crippen LogP contribution in [0.2, 0.25) is 0 Å². The Hall–Kier alpha value is -1.07. The molecule has 1 aromatic rings. The molecule has 112 valence electrons. The molecular weight excluding hydrogens is 272 g/mol. The molecule has 4 nitrogen and oxygen atoms in total. The van der Waals surface area contributed by atoms with Gasteiger partial charge in [0.25, 0.3) is 0 Å². The number of rotatable bonds is 3. The van der Waals surface area contributed by atoms with Crippen LogP contribution in [0.4, 0.5) is 5.69 Å². The smallest absolute Gasteiger partial charge is 0.243 e. The average Bonchev–Trinajstić information content (AvgIpc) is 2.86. The van der Waals surface area contributed by atoms with Crippen LogP contribution in [0.3, 0.4) is 0 Å². The Labute approximate surface area is 122 Å². The third kappa shape index (κ3) is 2.44. The quantitative estimate of drug-likeness (QED) is 0.872. The number of aryl methyl sites for hydroxylation is 1. The van der Waals surface area contributed by atoms with Crippen molar-refractivity contribution >= 4 is 15.7 Å². The van der Waals surface area contributed by atoms with E-state index in [1.165, 1.54) is 0 Å². The SMILES string of the molecule is CCC1CCN(S(=O)(=O)c2c(C)c(C)cc(N)c2C)C1. The molecule has 2 N–H and O–H groups in total. The number of nitrogen functional groups attached to an aromatic ring is 1. The maximum Gasteiger partial charge on any atom is 0.243 e. The highest BCUT2D eigenvalue weighted by molar-refractivity contribution is 7.89. The van der Waals surface area contributed by atoms with Crippen LogP contribution in [0.1, 0.15) is 36.5 Å². The molecule has 2 rings (SSSR count). The van der Waals surface area contributed by atoms with Crippen molar-refractivity contribution in [1.82, 2.24) is 4.31 Å². The van der Waals surface area contributed by atoms with E-state index in [1.54, 1.807) is 11.2 Å². The Bertz CT molecular complexity index is 597. The minimum Gasteiger partial charge on any atom is -0.398 e. The van der Waals surface area contributed by atoms with Crippen LogP contribution < -0.4 is 5.73 Å². The Morgan fingerprint density at radius 3 is 2.50 bits per heavy atom. The summed E-state index contributed by atoms with van der Waals surface area (Å²) in [6.45, 7) is 8.92. The van der Waals surface area contributed by atoms with Crippen molar-refractivity contribution in [3.8, 4) is 0 Å². The van der Waals surface area contributed by atoms with Gasteiger partial charge in [-0.1, -0.05) is 13.3 Å². The topological polar surface area (TPSA) is 63.4 Å². The average molecular weight is 296 g/mol. The molecule has 1 aliphatic rings. The first-order valence-corrected chi connectivity index (χ1v) is 8.59. The zero-order valence-electron chi connectivity index (χ0n) is 12.7. The zero-order chi connectivity index (χ0) is 15.1. The molecule has 0 aliphatic carbocycles. The molecule has 20 heavy (non-hydrogen) atoms. The Morgan fingerprint density at radius 1 is 1.30 bits per heavy atom. The minimum absolute atomic E-state index is 0.409. The van der Waals surface area contributed by atoms with E-state index >= 15 is 0 Å². The molecule has 5 heteroatoms. The van der Waals surface area contributed by atoms with Gasteiger partial charge in [0, 0.05) is 18.8 Å². The van der Waals surface area contributed by atoms with Crippen molar-refractivity contribution in [2.24, 2.45) is 5.92 Å². The van der Waals surface area contributed by atoms with Crippen LogP contribution >= 0.6 is 0 Å². The first-order chi connectivity index (χ1) is 9.28. The summed E-state index contributed by atoms with van der Waals surface area (Å²) in [6, 6.07) is 1.85. The van der Waals surface area contributed by atoms with Crippen molar-refractivity contribution in [2.75, 3.05) is 18.8 Å². The Balaban J connectivity index is 2.51. The van der Waals surface area contributed by atoms with Crippen molar-refractivity contribution < 1.29 is 8.42 Å². The molecular formula is C15H24N2O2S. The second-order valence-electron chi connectivity index (χ2n) is 5.79. The number of hydrogen-bond donors (Lipinski definition) is 1.